The molecule has 9 rings (SSSR count). The van der Waals surface area contributed by atoms with Crippen molar-refractivity contribution in [2.24, 2.45) is 7.05 Å². The predicted molar refractivity (Wildman–Crippen MR) is 219 cm³/mol. The summed E-state index contributed by atoms with van der Waals surface area (Å²) in [4.78, 5) is 14.9. The monoisotopic (exact) mass is 728 g/mol. The molecule has 0 saturated carbocycles. The fourth-order valence-corrected chi connectivity index (χ4v) is 8.43. The molecule has 56 heavy (non-hydrogen) atoms. The summed E-state index contributed by atoms with van der Waals surface area (Å²) in [6.45, 7) is 0. The van der Waals surface area contributed by atoms with Crippen LogP contribution in [-0.4, -0.2) is 33.8 Å². The van der Waals surface area contributed by atoms with Crippen molar-refractivity contribution < 1.29 is 5.11 Å². The molecule has 0 fully saturated rings. The van der Waals surface area contributed by atoms with Gasteiger partial charge in [-0.05, 0) is 33.4 Å². The van der Waals surface area contributed by atoms with Gasteiger partial charge in [0, 0.05) is 31.8 Å². The Morgan fingerprint density at radius 3 is 0.946 bits per heavy atom. The highest BCUT2D eigenvalue weighted by atomic mass is 16.3. The molecule has 272 valence electrons. The highest BCUT2D eigenvalue weighted by Crippen LogP contribution is 2.45. The highest BCUT2D eigenvalue weighted by Gasteiger charge is 2.47. The minimum atomic E-state index is -1.86. The third kappa shape index (κ3) is 5.43. The number of aliphatic hydroxyl groups is 1. The molecule has 0 atom stereocenters. The Morgan fingerprint density at radius 1 is 0.411 bits per heavy atom. The van der Waals surface area contributed by atoms with E-state index < -0.39 is 16.7 Å². The second-order valence-electron chi connectivity index (χ2n) is 14.0. The second kappa shape index (κ2) is 14.3. The van der Waals surface area contributed by atoms with Crippen molar-refractivity contribution >= 4 is 0 Å². The summed E-state index contributed by atoms with van der Waals surface area (Å²) in [6, 6.07) is 62.6. The summed E-state index contributed by atoms with van der Waals surface area (Å²) in [5.41, 5.74) is 3.51. The molecule has 7 nitrogen and oxygen atoms in total. The first-order chi connectivity index (χ1) is 27.6. The van der Waals surface area contributed by atoms with Gasteiger partial charge < -0.3 is 18.8 Å². The van der Waals surface area contributed by atoms with Crippen molar-refractivity contribution in [2.75, 3.05) is 0 Å². The van der Waals surface area contributed by atoms with Crippen LogP contribution in [0.15, 0.2) is 219 Å². The van der Waals surface area contributed by atoms with Crippen molar-refractivity contribution in [1.82, 2.24) is 28.7 Å². The molecule has 0 unspecified atom stereocenters. The van der Waals surface area contributed by atoms with Gasteiger partial charge in [-0.1, -0.05) is 182 Å². The number of aromatic nitrogens is 6. The molecule has 0 aliphatic rings. The predicted octanol–water partition coefficient (Wildman–Crippen LogP) is 8.78. The summed E-state index contributed by atoms with van der Waals surface area (Å²) in [5, 5.41) is 13.4. The minimum absolute atomic E-state index is 0.383. The molecule has 9 aromatic rings. The van der Waals surface area contributed by atoms with E-state index >= 15 is 0 Å². The third-order valence-electron chi connectivity index (χ3n) is 11.0. The Bertz CT molecular complexity index is 2300. The zero-order chi connectivity index (χ0) is 38.0. The molecule has 0 bridgehead atoms. The summed E-state index contributed by atoms with van der Waals surface area (Å²) in [6.07, 6.45) is 11.0. The van der Waals surface area contributed by atoms with Crippen LogP contribution in [0.3, 0.4) is 0 Å². The van der Waals surface area contributed by atoms with Crippen molar-refractivity contribution in [1.29, 1.82) is 0 Å². The second-order valence-corrected chi connectivity index (χ2v) is 14.0. The molecule has 0 aliphatic carbocycles. The summed E-state index contributed by atoms with van der Waals surface area (Å²) >= 11 is 0. The molecule has 6 aromatic carbocycles. The van der Waals surface area contributed by atoms with Gasteiger partial charge in [-0.2, -0.15) is 0 Å². The average Bonchev–Trinajstić information content (AvgIpc) is 4.07. The largest absolute Gasteiger partial charge is 0.371 e. The average molecular weight is 729 g/mol. The number of hydrogen-bond donors (Lipinski definition) is 1. The highest BCUT2D eigenvalue weighted by molar-refractivity contribution is 5.53. The van der Waals surface area contributed by atoms with E-state index in [4.69, 9.17) is 15.0 Å². The molecular weight excluding hydrogens is 689 g/mol. The normalized spacial score (nSPS) is 12.1. The number of benzene rings is 6. The molecule has 3 aromatic heterocycles. The van der Waals surface area contributed by atoms with E-state index in [1.165, 1.54) is 0 Å². The number of imidazole rings is 3. The Morgan fingerprint density at radius 2 is 0.696 bits per heavy atom. The van der Waals surface area contributed by atoms with Crippen LogP contribution in [0.4, 0.5) is 0 Å². The lowest BCUT2D eigenvalue weighted by atomic mass is 9.76. The molecule has 1 N–H and O–H groups in total. The quantitative estimate of drug-likeness (QED) is 0.135. The van der Waals surface area contributed by atoms with E-state index in [-0.39, 0.29) is 0 Å². The minimum Gasteiger partial charge on any atom is -0.371 e. The maximum absolute atomic E-state index is 13.4. The molecule has 0 radical (unpaired) electrons. The van der Waals surface area contributed by atoms with Crippen molar-refractivity contribution in [3.8, 4) is 0 Å². The van der Waals surface area contributed by atoms with Crippen LogP contribution in [0.1, 0.15) is 50.6 Å². The van der Waals surface area contributed by atoms with Crippen molar-refractivity contribution in [3.05, 3.63) is 270 Å². The van der Waals surface area contributed by atoms with Gasteiger partial charge in [-0.3, -0.25) is 0 Å². The van der Waals surface area contributed by atoms with Gasteiger partial charge in [0.1, 0.15) is 22.5 Å². The lowest BCUT2D eigenvalue weighted by Crippen LogP contribution is -2.38. The Kier molecular flexibility index (Phi) is 8.84. The number of aryl methyl sites for hydroxylation is 1. The van der Waals surface area contributed by atoms with Gasteiger partial charge >= 0.3 is 0 Å². The Labute approximate surface area is 326 Å². The van der Waals surface area contributed by atoms with E-state index in [9.17, 15) is 5.11 Å². The molecule has 3 heterocycles. The number of hydrogen-bond acceptors (Lipinski definition) is 4. The summed E-state index contributed by atoms with van der Waals surface area (Å²) in [7, 11) is 1.88. The number of rotatable bonds is 11. The van der Waals surface area contributed by atoms with Gasteiger partial charge in [0.25, 0.3) is 0 Å². The van der Waals surface area contributed by atoms with Gasteiger partial charge in [0.05, 0.1) is 12.7 Å². The fourth-order valence-electron chi connectivity index (χ4n) is 8.43. The maximum atomic E-state index is 13.4. The van der Waals surface area contributed by atoms with Crippen LogP contribution in [-0.2, 0) is 23.7 Å². The van der Waals surface area contributed by atoms with E-state index in [1.54, 1.807) is 6.20 Å². The van der Waals surface area contributed by atoms with Crippen LogP contribution in [0.5, 0.6) is 0 Å². The van der Waals surface area contributed by atoms with Crippen LogP contribution in [0.2, 0.25) is 0 Å². The van der Waals surface area contributed by atoms with Crippen LogP contribution >= 0.6 is 0 Å². The van der Waals surface area contributed by atoms with E-state index in [0.29, 0.717) is 17.2 Å². The Hall–Kier alpha value is -7.09. The first-order valence-electron chi connectivity index (χ1n) is 18.7. The van der Waals surface area contributed by atoms with Gasteiger partial charge in [0.15, 0.2) is 5.82 Å². The molecule has 7 heteroatoms. The van der Waals surface area contributed by atoms with E-state index in [2.05, 4.69) is 155 Å². The topological polar surface area (TPSA) is 73.7 Å². The molecule has 0 saturated heterocycles. The standard InChI is InChI=1S/C49H40N6O/c1-53-33-32-50-46(53)49(56,44-34-54(36-51-44)47(38-20-8-2-9-21-38,39-22-10-3-11-23-39)40-24-12-4-13-25-40)45-35-55(37-52-45)48(41-26-14-5-15-27-41,42-28-16-6-17-29-42)43-30-18-7-19-31-43/h2-37,56H,1H3. The molecular formula is C49H40N6O. The van der Waals surface area contributed by atoms with Crippen molar-refractivity contribution in [3.63, 3.8) is 0 Å². The van der Waals surface area contributed by atoms with E-state index in [1.807, 2.05) is 79.3 Å². The van der Waals surface area contributed by atoms with Crippen LogP contribution in [0.25, 0.3) is 0 Å². The summed E-state index contributed by atoms with van der Waals surface area (Å²) in [5.74, 6) is 0.391. The smallest absolute Gasteiger partial charge is 0.210 e. The summed E-state index contributed by atoms with van der Waals surface area (Å²) < 4.78 is 6.04. The van der Waals surface area contributed by atoms with Crippen LogP contribution < -0.4 is 0 Å². The fraction of sp³-hybridized carbons (Fsp3) is 0.0816. The van der Waals surface area contributed by atoms with Crippen LogP contribution in [0, 0.1) is 0 Å². The lowest BCUT2D eigenvalue weighted by molar-refractivity contribution is 0.103. The zero-order valence-corrected chi connectivity index (χ0v) is 30.9. The molecule has 0 spiro atoms. The first-order valence-corrected chi connectivity index (χ1v) is 18.7. The lowest BCUT2D eigenvalue weighted by Gasteiger charge is -2.37. The molecule has 0 aliphatic heterocycles. The first kappa shape index (κ1) is 34.7. The maximum Gasteiger partial charge on any atom is 0.210 e. The SMILES string of the molecule is Cn1ccnc1C(O)(c1cn(C(c2ccccc2)(c2ccccc2)c2ccccc2)cn1)c1cn(C(c2ccccc2)(c2ccccc2)c2ccccc2)cn1. The van der Waals surface area contributed by atoms with E-state index in [0.717, 1.165) is 33.4 Å². The van der Waals surface area contributed by atoms with Gasteiger partial charge in [-0.25, -0.2) is 15.0 Å². The van der Waals surface area contributed by atoms with Gasteiger partial charge in [0.2, 0.25) is 5.60 Å². The third-order valence-corrected chi connectivity index (χ3v) is 11.0. The zero-order valence-electron chi connectivity index (χ0n) is 30.9. The molecule has 0 amide bonds. The van der Waals surface area contributed by atoms with Crippen molar-refractivity contribution in [2.45, 2.75) is 16.7 Å². The van der Waals surface area contributed by atoms with Gasteiger partial charge in [-0.15, -0.1) is 0 Å². The Balaban J connectivity index is 1.29. The number of nitrogens with zero attached hydrogens (tertiary/aromatic N) is 6.